The van der Waals surface area contributed by atoms with Crippen molar-refractivity contribution in [1.29, 1.82) is 0 Å². The predicted molar refractivity (Wildman–Crippen MR) is 254 cm³/mol. The van der Waals surface area contributed by atoms with Crippen LogP contribution in [-0.2, 0) is 45.4 Å². The Hall–Kier alpha value is -8.64. The molecule has 12 heteroatoms. The third kappa shape index (κ3) is 9.38. The summed E-state index contributed by atoms with van der Waals surface area (Å²) < 4.78 is 23.6. The highest BCUT2D eigenvalue weighted by atomic mass is 16.5. The molecule has 0 radical (unpaired) electrons. The number of carbonyl (C=O) groups is 4. The minimum absolute atomic E-state index is 0.148. The van der Waals surface area contributed by atoms with E-state index < -0.39 is 23.9 Å². The molecule has 1 aliphatic heterocycles. The van der Waals surface area contributed by atoms with E-state index in [1.165, 1.54) is 0 Å². The van der Waals surface area contributed by atoms with Gasteiger partial charge in [0.25, 0.3) is 0 Å². The van der Waals surface area contributed by atoms with Gasteiger partial charge in [0.2, 0.25) is 0 Å². The van der Waals surface area contributed by atoms with Crippen molar-refractivity contribution in [1.82, 2.24) is 19.9 Å². The molecule has 4 aromatic carbocycles. The van der Waals surface area contributed by atoms with E-state index >= 15 is 0 Å². The van der Waals surface area contributed by atoms with E-state index in [4.69, 9.17) is 38.9 Å². The molecule has 0 fully saturated rings. The van der Waals surface area contributed by atoms with Gasteiger partial charge in [-0.2, -0.15) is 0 Å². The van der Waals surface area contributed by atoms with Crippen molar-refractivity contribution in [2.24, 2.45) is 0 Å². The molecule has 0 unspecified atom stereocenters. The highest BCUT2D eigenvalue weighted by molar-refractivity contribution is 6.06. The molecule has 0 amide bonds. The van der Waals surface area contributed by atoms with Crippen LogP contribution in [0.15, 0.2) is 146 Å². The van der Waals surface area contributed by atoms with Gasteiger partial charge in [-0.25, -0.2) is 39.1 Å². The van der Waals surface area contributed by atoms with Gasteiger partial charge < -0.3 is 18.9 Å². The molecule has 0 saturated heterocycles. The van der Waals surface area contributed by atoms with Crippen LogP contribution in [0.1, 0.15) is 86.5 Å². The lowest BCUT2D eigenvalue weighted by atomic mass is 9.88. The third-order valence-electron chi connectivity index (χ3n) is 11.6. The van der Waals surface area contributed by atoms with Crippen LogP contribution in [0.5, 0.6) is 0 Å². The number of esters is 4. The molecular formula is C56H44N4O8. The summed E-state index contributed by atoms with van der Waals surface area (Å²) in [6, 6.07) is 42.6. The molecule has 0 N–H and O–H groups in total. The number of carbonyl (C=O) groups excluding carboxylic acids is 4. The second-order valence-electron chi connectivity index (χ2n) is 16.4. The number of rotatable bonds is 0. The van der Waals surface area contributed by atoms with Gasteiger partial charge in [-0.1, -0.05) is 72.8 Å². The maximum absolute atomic E-state index is 14.0. The average Bonchev–Trinajstić information content (AvgIpc) is 3.36. The minimum Gasteiger partial charge on any atom is -0.456 e. The standard InChI is InChI=1S/C56H44N4O8/c1-33-13-5-21-41-49(33)50-34(2)14-6-22-42(50)54(62)66-30-38-18-10-26-47(58-38)48-28-12-20-40(60-48)32-68-56(64)44-24-8-16-36(4)52(44)51-35(3)15-7-23-43(51)55(63)67-31-39-19-11-27-46(59-39)45-25-9-17-37(57-45)29-65-53(41)61/h5-28H,29-32H2,1-4H3. The highest BCUT2D eigenvalue weighted by Gasteiger charge is 2.26. The van der Waals surface area contributed by atoms with Crippen molar-refractivity contribution >= 4 is 23.9 Å². The van der Waals surface area contributed by atoms with Gasteiger partial charge in [0, 0.05) is 22.3 Å². The SMILES string of the molecule is Cc1cccc2c1-c1c(C)cccc1C(=O)OCc1cccc(n1)-c1cccc(n1)COC(=O)c1cccc(C)c1-c1c(C)cccc1C(=O)OCc1cccc(n1)-c1cccc(n1)COC2=O. The monoisotopic (exact) mass is 900 g/mol. The van der Waals surface area contributed by atoms with E-state index in [-0.39, 0.29) is 48.7 Å². The summed E-state index contributed by atoms with van der Waals surface area (Å²) in [5.74, 6) is -2.39. The van der Waals surface area contributed by atoms with Crippen LogP contribution in [0.2, 0.25) is 0 Å². The first kappa shape index (κ1) is 44.6. The van der Waals surface area contributed by atoms with Crippen molar-refractivity contribution in [3.8, 4) is 45.0 Å². The van der Waals surface area contributed by atoms with Gasteiger partial charge in [0.1, 0.15) is 26.4 Å². The number of aromatic nitrogens is 4. The quantitative estimate of drug-likeness (QED) is 0.105. The van der Waals surface area contributed by atoms with E-state index in [9.17, 15) is 19.2 Å². The molecule has 0 atom stereocenters. The summed E-state index contributed by atoms with van der Waals surface area (Å²) in [4.78, 5) is 75.0. The first-order valence-electron chi connectivity index (χ1n) is 21.9. The third-order valence-corrected chi connectivity index (χ3v) is 11.6. The first-order valence-corrected chi connectivity index (χ1v) is 21.9. The smallest absolute Gasteiger partial charge is 0.339 e. The van der Waals surface area contributed by atoms with Crippen LogP contribution < -0.4 is 0 Å². The van der Waals surface area contributed by atoms with E-state index in [0.29, 0.717) is 67.8 Å². The van der Waals surface area contributed by atoms with Gasteiger partial charge in [-0.3, -0.25) is 0 Å². The number of benzene rings is 4. The molecule has 0 spiro atoms. The van der Waals surface area contributed by atoms with Crippen LogP contribution in [-0.4, -0.2) is 43.8 Å². The molecule has 0 aliphatic carbocycles. The van der Waals surface area contributed by atoms with Gasteiger partial charge in [0.15, 0.2) is 0 Å². The molecule has 0 saturated carbocycles. The van der Waals surface area contributed by atoms with Crippen LogP contribution in [0.3, 0.4) is 0 Å². The van der Waals surface area contributed by atoms with Crippen molar-refractivity contribution in [2.75, 3.05) is 0 Å². The fraction of sp³-hybridized carbons (Fsp3) is 0.143. The molecule has 12 nitrogen and oxygen atoms in total. The Kier molecular flexibility index (Phi) is 12.7. The van der Waals surface area contributed by atoms with Gasteiger partial charge in [0.05, 0.1) is 67.8 Å². The number of ether oxygens (including phenoxy) is 4. The summed E-state index contributed by atoms with van der Waals surface area (Å²) in [5.41, 5.74) is 10.3. The van der Waals surface area contributed by atoms with Crippen molar-refractivity contribution in [2.45, 2.75) is 54.1 Å². The average molecular weight is 901 g/mol. The molecule has 336 valence electrons. The molecule has 4 aromatic heterocycles. The Balaban J connectivity index is 1.09. The summed E-state index contributed by atoms with van der Waals surface area (Å²) in [6.07, 6.45) is 0. The van der Waals surface area contributed by atoms with Crippen LogP contribution >= 0.6 is 0 Å². The van der Waals surface area contributed by atoms with Crippen LogP contribution in [0.4, 0.5) is 0 Å². The normalized spacial score (nSPS) is 13.4. The molecule has 1 aliphatic rings. The van der Waals surface area contributed by atoms with E-state index in [1.807, 2.05) is 52.0 Å². The number of pyridine rings is 4. The maximum Gasteiger partial charge on any atom is 0.339 e. The maximum atomic E-state index is 14.0. The summed E-state index contributed by atoms with van der Waals surface area (Å²) in [6.45, 7) is 6.90. The predicted octanol–water partition coefficient (Wildman–Crippen LogP) is 10.9. The Morgan fingerprint density at radius 1 is 0.294 bits per heavy atom. The number of aryl methyl sites for hydroxylation is 4. The Labute approximate surface area is 392 Å². The van der Waals surface area contributed by atoms with E-state index in [1.54, 1.807) is 121 Å². The largest absolute Gasteiger partial charge is 0.456 e. The molecule has 8 bridgehead atoms. The van der Waals surface area contributed by atoms with E-state index in [0.717, 1.165) is 22.3 Å². The van der Waals surface area contributed by atoms with Gasteiger partial charge >= 0.3 is 23.9 Å². The molecule has 8 aromatic rings. The fourth-order valence-corrected chi connectivity index (χ4v) is 8.36. The lowest BCUT2D eigenvalue weighted by molar-refractivity contribution is 0.0457. The lowest BCUT2D eigenvalue weighted by Crippen LogP contribution is -2.13. The molecular weight excluding hydrogens is 857 g/mol. The number of hydrogen-bond acceptors (Lipinski definition) is 12. The number of nitrogens with zero attached hydrogens (tertiary/aromatic N) is 4. The van der Waals surface area contributed by atoms with Crippen molar-refractivity contribution < 1.29 is 38.1 Å². The Morgan fingerprint density at radius 3 is 0.721 bits per heavy atom. The van der Waals surface area contributed by atoms with Crippen molar-refractivity contribution in [3.63, 3.8) is 0 Å². The number of hydrogen-bond donors (Lipinski definition) is 0. The van der Waals surface area contributed by atoms with Gasteiger partial charge in [-0.15, -0.1) is 0 Å². The van der Waals surface area contributed by atoms with Gasteiger partial charge in [-0.05, 0) is 123 Å². The topological polar surface area (TPSA) is 157 Å². The highest BCUT2D eigenvalue weighted by Crippen LogP contribution is 2.36. The van der Waals surface area contributed by atoms with Crippen LogP contribution in [0, 0.1) is 27.7 Å². The molecule has 68 heavy (non-hydrogen) atoms. The van der Waals surface area contributed by atoms with Crippen LogP contribution in [0.25, 0.3) is 45.0 Å². The van der Waals surface area contributed by atoms with E-state index in [2.05, 4.69) is 0 Å². The first-order chi connectivity index (χ1) is 33.0. The summed E-state index contributed by atoms with van der Waals surface area (Å²) >= 11 is 0. The zero-order valence-electron chi connectivity index (χ0n) is 37.7. The molecule has 9 rings (SSSR count). The summed E-state index contributed by atoms with van der Waals surface area (Å²) in [7, 11) is 0. The summed E-state index contributed by atoms with van der Waals surface area (Å²) in [5, 5.41) is 0. The second kappa shape index (κ2) is 19.4. The minimum atomic E-state index is -0.598. The number of fused-ring (bicyclic) bond motifs is 16. The molecule has 5 heterocycles. The Bertz CT molecular complexity index is 2860. The zero-order valence-corrected chi connectivity index (χ0v) is 37.7. The van der Waals surface area contributed by atoms with Crippen molar-refractivity contribution in [3.05, 3.63) is 213 Å². The fourth-order valence-electron chi connectivity index (χ4n) is 8.36. The lowest BCUT2D eigenvalue weighted by Gasteiger charge is -2.18. The second-order valence-corrected chi connectivity index (χ2v) is 16.4. The Morgan fingerprint density at radius 2 is 0.500 bits per heavy atom. The number of cyclic esters (lactones) is 4. The zero-order chi connectivity index (χ0) is 47.3.